The van der Waals surface area contributed by atoms with Crippen molar-refractivity contribution in [2.45, 2.75) is 62.9 Å². The minimum absolute atomic E-state index is 0.234. The van der Waals surface area contributed by atoms with E-state index in [4.69, 9.17) is 25.8 Å². The zero-order valence-corrected chi connectivity index (χ0v) is 14.5. The van der Waals surface area contributed by atoms with Crippen molar-refractivity contribution in [3.8, 4) is 0 Å². The Labute approximate surface area is 146 Å². The van der Waals surface area contributed by atoms with Gasteiger partial charge in [-0.1, -0.05) is 11.6 Å². The summed E-state index contributed by atoms with van der Waals surface area (Å²) in [6.07, 6.45) is 7.81. The van der Waals surface area contributed by atoms with E-state index in [9.17, 15) is 4.79 Å². The standard InChI is InChI=1S/C17H23ClN2O4/c18-15-13(12-4-6-17(7-5-12)23-9-10-24-17)11-19-20(16(15)21)14-3-1-2-8-22-14/h11-12,14H,1-10H2. The summed E-state index contributed by atoms with van der Waals surface area (Å²) in [6, 6.07) is 0. The minimum atomic E-state index is -0.401. The molecular weight excluding hydrogens is 332 g/mol. The van der Waals surface area contributed by atoms with E-state index in [-0.39, 0.29) is 22.7 Å². The van der Waals surface area contributed by atoms with Crippen LogP contribution in [0, 0.1) is 0 Å². The Kier molecular flexibility index (Phi) is 4.64. The smallest absolute Gasteiger partial charge is 0.288 e. The number of ether oxygens (including phenoxy) is 3. The van der Waals surface area contributed by atoms with E-state index in [1.807, 2.05) is 0 Å². The van der Waals surface area contributed by atoms with Crippen LogP contribution in [0.1, 0.15) is 62.7 Å². The van der Waals surface area contributed by atoms with Crippen LogP contribution in [-0.2, 0) is 14.2 Å². The molecule has 3 aliphatic rings. The zero-order chi connectivity index (χ0) is 16.6. The molecule has 1 aromatic heterocycles. The van der Waals surface area contributed by atoms with Crippen molar-refractivity contribution in [2.75, 3.05) is 19.8 Å². The second-order valence-corrected chi connectivity index (χ2v) is 7.24. The lowest BCUT2D eigenvalue weighted by Gasteiger charge is -2.35. The monoisotopic (exact) mass is 354 g/mol. The maximum absolute atomic E-state index is 12.6. The highest BCUT2D eigenvalue weighted by atomic mass is 35.5. The molecule has 4 rings (SSSR count). The molecule has 3 heterocycles. The Morgan fingerprint density at radius 2 is 1.88 bits per heavy atom. The molecule has 132 valence electrons. The Morgan fingerprint density at radius 3 is 2.54 bits per heavy atom. The number of hydrogen-bond acceptors (Lipinski definition) is 5. The van der Waals surface area contributed by atoms with Gasteiger partial charge in [0, 0.05) is 19.4 Å². The first-order valence-electron chi connectivity index (χ1n) is 8.85. The minimum Gasteiger partial charge on any atom is -0.356 e. The van der Waals surface area contributed by atoms with Crippen LogP contribution in [-0.4, -0.2) is 35.4 Å². The number of aromatic nitrogens is 2. The van der Waals surface area contributed by atoms with Crippen LogP contribution < -0.4 is 5.56 Å². The topological polar surface area (TPSA) is 62.6 Å². The second-order valence-electron chi connectivity index (χ2n) is 6.87. The lowest BCUT2D eigenvalue weighted by Crippen LogP contribution is -2.36. The summed E-state index contributed by atoms with van der Waals surface area (Å²) in [5.41, 5.74) is 0.608. The van der Waals surface area contributed by atoms with Crippen molar-refractivity contribution in [2.24, 2.45) is 0 Å². The van der Waals surface area contributed by atoms with Crippen LogP contribution in [0.15, 0.2) is 11.0 Å². The van der Waals surface area contributed by atoms with Gasteiger partial charge in [0.1, 0.15) is 5.02 Å². The average Bonchev–Trinajstić information content (AvgIpc) is 3.07. The Balaban J connectivity index is 1.52. The molecule has 2 saturated heterocycles. The zero-order valence-electron chi connectivity index (χ0n) is 13.7. The molecule has 6 nitrogen and oxygen atoms in total. The maximum Gasteiger partial charge on any atom is 0.288 e. The molecule has 1 atom stereocenters. The Hall–Kier alpha value is -0.950. The highest BCUT2D eigenvalue weighted by Crippen LogP contribution is 2.43. The highest BCUT2D eigenvalue weighted by Gasteiger charge is 2.41. The lowest BCUT2D eigenvalue weighted by molar-refractivity contribution is -0.178. The third kappa shape index (κ3) is 3.01. The van der Waals surface area contributed by atoms with Crippen molar-refractivity contribution in [1.29, 1.82) is 0 Å². The van der Waals surface area contributed by atoms with Crippen molar-refractivity contribution in [1.82, 2.24) is 9.78 Å². The first-order chi connectivity index (χ1) is 11.7. The van der Waals surface area contributed by atoms with Gasteiger partial charge in [-0.05, 0) is 43.6 Å². The van der Waals surface area contributed by atoms with Gasteiger partial charge in [-0.3, -0.25) is 4.79 Å². The van der Waals surface area contributed by atoms with E-state index < -0.39 is 5.79 Å². The van der Waals surface area contributed by atoms with Crippen LogP contribution in [0.25, 0.3) is 0 Å². The summed E-state index contributed by atoms with van der Waals surface area (Å²) >= 11 is 6.41. The van der Waals surface area contributed by atoms with Crippen molar-refractivity contribution < 1.29 is 14.2 Å². The summed E-state index contributed by atoms with van der Waals surface area (Å²) in [6.45, 7) is 2.01. The predicted molar refractivity (Wildman–Crippen MR) is 88.2 cm³/mol. The third-order valence-electron chi connectivity index (χ3n) is 5.40. The first-order valence-corrected chi connectivity index (χ1v) is 9.23. The molecule has 3 fully saturated rings. The number of hydrogen-bond donors (Lipinski definition) is 0. The number of halogens is 1. The molecule has 2 aliphatic heterocycles. The van der Waals surface area contributed by atoms with E-state index in [0.29, 0.717) is 19.8 Å². The van der Waals surface area contributed by atoms with Gasteiger partial charge < -0.3 is 14.2 Å². The van der Waals surface area contributed by atoms with Gasteiger partial charge in [-0.2, -0.15) is 9.78 Å². The van der Waals surface area contributed by atoms with Gasteiger partial charge in [-0.25, -0.2) is 0 Å². The molecule has 24 heavy (non-hydrogen) atoms. The number of nitrogens with zero attached hydrogens (tertiary/aromatic N) is 2. The molecule has 1 aromatic rings. The van der Waals surface area contributed by atoms with Crippen LogP contribution in [0.5, 0.6) is 0 Å². The normalized spacial score (nSPS) is 27.6. The quantitative estimate of drug-likeness (QED) is 0.817. The molecular formula is C17H23ClN2O4. The Morgan fingerprint density at radius 1 is 1.12 bits per heavy atom. The van der Waals surface area contributed by atoms with E-state index >= 15 is 0 Å². The molecule has 1 spiro atoms. The largest absolute Gasteiger partial charge is 0.356 e. The highest BCUT2D eigenvalue weighted by molar-refractivity contribution is 6.31. The summed E-state index contributed by atoms with van der Waals surface area (Å²) in [5, 5.41) is 4.64. The van der Waals surface area contributed by atoms with Gasteiger partial charge in [0.25, 0.3) is 5.56 Å². The van der Waals surface area contributed by atoms with E-state index in [1.165, 1.54) is 4.68 Å². The van der Waals surface area contributed by atoms with Gasteiger partial charge in [-0.15, -0.1) is 0 Å². The molecule has 0 aromatic carbocycles. The molecule has 0 N–H and O–H groups in total. The van der Waals surface area contributed by atoms with Crippen LogP contribution >= 0.6 is 11.6 Å². The first kappa shape index (κ1) is 16.5. The average molecular weight is 355 g/mol. The molecule has 1 saturated carbocycles. The van der Waals surface area contributed by atoms with Crippen molar-refractivity contribution >= 4 is 11.6 Å². The van der Waals surface area contributed by atoms with Gasteiger partial charge in [0.15, 0.2) is 12.0 Å². The SMILES string of the molecule is O=c1c(Cl)c(C2CCC3(CC2)OCCO3)cnn1C1CCCCO1. The van der Waals surface area contributed by atoms with E-state index in [1.54, 1.807) is 6.20 Å². The summed E-state index contributed by atoms with van der Waals surface area (Å²) in [7, 11) is 0. The molecule has 0 bridgehead atoms. The van der Waals surface area contributed by atoms with Crippen molar-refractivity contribution in [3.05, 3.63) is 27.1 Å². The molecule has 1 aliphatic carbocycles. The third-order valence-corrected chi connectivity index (χ3v) is 5.78. The van der Waals surface area contributed by atoms with E-state index in [2.05, 4.69) is 5.10 Å². The molecule has 7 heteroatoms. The second kappa shape index (κ2) is 6.75. The van der Waals surface area contributed by atoms with Gasteiger partial charge in [0.05, 0.1) is 19.4 Å². The van der Waals surface area contributed by atoms with Crippen LogP contribution in [0.4, 0.5) is 0 Å². The van der Waals surface area contributed by atoms with Crippen LogP contribution in [0.3, 0.4) is 0 Å². The fourth-order valence-corrected chi connectivity index (χ4v) is 4.31. The predicted octanol–water partition coefficient (Wildman–Crippen LogP) is 3.00. The summed E-state index contributed by atoms with van der Waals surface area (Å²) in [4.78, 5) is 12.6. The number of rotatable bonds is 2. The maximum atomic E-state index is 12.6. The fraction of sp³-hybridized carbons (Fsp3) is 0.765. The van der Waals surface area contributed by atoms with Gasteiger partial charge in [0.2, 0.25) is 0 Å². The summed E-state index contributed by atoms with van der Waals surface area (Å²) < 4.78 is 18.6. The van der Waals surface area contributed by atoms with Gasteiger partial charge >= 0.3 is 0 Å². The molecule has 1 unspecified atom stereocenters. The van der Waals surface area contributed by atoms with E-state index in [0.717, 1.165) is 50.5 Å². The van der Waals surface area contributed by atoms with Crippen molar-refractivity contribution in [3.63, 3.8) is 0 Å². The Bertz CT molecular complexity index is 640. The summed E-state index contributed by atoms with van der Waals surface area (Å²) in [5.74, 6) is -0.167. The molecule has 0 radical (unpaired) electrons. The van der Waals surface area contributed by atoms with Crippen LogP contribution in [0.2, 0.25) is 5.02 Å². The lowest BCUT2D eigenvalue weighted by atomic mass is 9.81. The molecule has 0 amide bonds. The fourth-order valence-electron chi connectivity index (χ4n) is 4.02.